The zero-order valence-electron chi connectivity index (χ0n) is 11.7. The normalized spacial score (nSPS) is 39.9. The summed E-state index contributed by atoms with van der Waals surface area (Å²) in [5.41, 5.74) is 0.294. The van der Waals surface area contributed by atoms with E-state index in [9.17, 15) is 9.90 Å². The Morgan fingerprint density at radius 1 is 1.25 bits per heavy atom. The lowest BCUT2D eigenvalue weighted by molar-refractivity contribution is -0.144. The Morgan fingerprint density at radius 2 is 1.85 bits per heavy atom. The summed E-state index contributed by atoms with van der Waals surface area (Å²) in [5.74, 6) is 1.91. The molecule has 0 saturated heterocycles. The minimum absolute atomic E-state index is 0.294. The fourth-order valence-corrected chi connectivity index (χ4v) is 5.72. The van der Waals surface area contributed by atoms with Crippen LogP contribution in [0.4, 0.5) is 0 Å². The molecule has 4 aliphatic carbocycles. The maximum absolute atomic E-state index is 11.7. The predicted octanol–water partition coefficient (Wildman–Crippen LogP) is 3.12. The first-order valence-corrected chi connectivity index (χ1v) is 7.84. The summed E-state index contributed by atoms with van der Waals surface area (Å²) in [6.45, 7) is 0. The van der Waals surface area contributed by atoms with Crippen LogP contribution in [0.15, 0.2) is 18.7 Å². The van der Waals surface area contributed by atoms with Crippen LogP contribution in [0.5, 0.6) is 0 Å². The quantitative estimate of drug-likeness (QED) is 0.917. The summed E-state index contributed by atoms with van der Waals surface area (Å²) in [7, 11) is 0. The lowest BCUT2D eigenvalue weighted by atomic mass is 9.48. The van der Waals surface area contributed by atoms with E-state index in [0.717, 1.165) is 24.2 Å². The van der Waals surface area contributed by atoms with Crippen molar-refractivity contribution in [1.29, 1.82) is 0 Å². The minimum atomic E-state index is -0.709. The lowest BCUT2D eigenvalue weighted by Gasteiger charge is -2.57. The largest absolute Gasteiger partial charge is 0.480 e. The van der Waals surface area contributed by atoms with Crippen molar-refractivity contribution >= 4 is 5.97 Å². The highest BCUT2D eigenvalue weighted by Crippen LogP contribution is 2.62. The molecule has 1 atom stereocenters. The first kappa shape index (κ1) is 12.4. The van der Waals surface area contributed by atoms with Crippen LogP contribution in [-0.4, -0.2) is 20.6 Å². The van der Waals surface area contributed by atoms with E-state index in [0.29, 0.717) is 5.41 Å². The van der Waals surface area contributed by atoms with Gasteiger partial charge in [-0.05, 0) is 68.1 Å². The fraction of sp³-hybridized carbons (Fsp3) is 0.750. The molecule has 0 spiro atoms. The topological polar surface area (TPSA) is 55.1 Å². The van der Waals surface area contributed by atoms with Gasteiger partial charge in [-0.15, -0.1) is 0 Å². The van der Waals surface area contributed by atoms with Gasteiger partial charge in [-0.3, -0.25) is 0 Å². The van der Waals surface area contributed by atoms with Crippen molar-refractivity contribution in [3.8, 4) is 0 Å². The van der Waals surface area contributed by atoms with Gasteiger partial charge in [-0.25, -0.2) is 9.78 Å². The Labute approximate surface area is 119 Å². The van der Waals surface area contributed by atoms with Gasteiger partial charge in [0.1, 0.15) is 6.04 Å². The maximum atomic E-state index is 11.7. The van der Waals surface area contributed by atoms with Crippen LogP contribution < -0.4 is 0 Å². The molecule has 4 saturated carbocycles. The number of hydrogen-bond acceptors (Lipinski definition) is 2. The molecule has 4 bridgehead atoms. The molecule has 4 aliphatic rings. The third kappa shape index (κ3) is 1.97. The molecule has 0 aliphatic heterocycles. The Bertz CT molecular complexity index is 473. The van der Waals surface area contributed by atoms with Crippen LogP contribution >= 0.6 is 0 Å². The number of hydrogen-bond donors (Lipinski definition) is 1. The van der Waals surface area contributed by atoms with Gasteiger partial charge in [0.05, 0.1) is 6.33 Å². The molecule has 5 rings (SSSR count). The number of carboxylic acids is 1. The van der Waals surface area contributed by atoms with Crippen LogP contribution in [0, 0.1) is 23.2 Å². The average molecular weight is 274 g/mol. The Hall–Kier alpha value is -1.32. The van der Waals surface area contributed by atoms with E-state index in [-0.39, 0.29) is 0 Å². The third-order valence-electron chi connectivity index (χ3n) is 5.96. The summed E-state index contributed by atoms with van der Waals surface area (Å²) in [6, 6.07) is -0.436. The van der Waals surface area contributed by atoms with Crippen molar-refractivity contribution in [2.24, 2.45) is 23.2 Å². The molecule has 1 aromatic heterocycles. The molecular weight excluding hydrogens is 252 g/mol. The van der Waals surface area contributed by atoms with E-state index in [2.05, 4.69) is 4.98 Å². The van der Waals surface area contributed by atoms with E-state index < -0.39 is 12.0 Å². The van der Waals surface area contributed by atoms with Gasteiger partial charge in [0.2, 0.25) is 0 Å². The second-order valence-corrected chi connectivity index (χ2v) is 7.49. The molecule has 1 heterocycles. The molecule has 1 unspecified atom stereocenters. The van der Waals surface area contributed by atoms with Crippen LogP contribution in [0.1, 0.15) is 51.0 Å². The summed E-state index contributed by atoms with van der Waals surface area (Å²) in [4.78, 5) is 15.7. The van der Waals surface area contributed by atoms with E-state index in [4.69, 9.17) is 0 Å². The van der Waals surface area contributed by atoms with Gasteiger partial charge < -0.3 is 9.67 Å². The molecule has 0 amide bonds. The number of carbonyl (C=O) groups is 1. The monoisotopic (exact) mass is 274 g/mol. The number of aliphatic carboxylic acids is 1. The maximum Gasteiger partial charge on any atom is 0.326 e. The predicted molar refractivity (Wildman–Crippen MR) is 74.1 cm³/mol. The molecule has 4 nitrogen and oxygen atoms in total. The smallest absolute Gasteiger partial charge is 0.326 e. The lowest BCUT2D eigenvalue weighted by Crippen LogP contribution is -2.47. The van der Waals surface area contributed by atoms with E-state index in [1.807, 2.05) is 0 Å². The van der Waals surface area contributed by atoms with Gasteiger partial charge in [0, 0.05) is 12.4 Å². The van der Waals surface area contributed by atoms with Gasteiger partial charge in [-0.1, -0.05) is 0 Å². The Balaban J connectivity index is 1.59. The second kappa shape index (κ2) is 4.34. The average Bonchev–Trinajstić information content (AvgIpc) is 2.87. The van der Waals surface area contributed by atoms with Gasteiger partial charge >= 0.3 is 5.97 Å². The highest BCUT2D eigenvalue weighted by atomic mass is 16.4. The van der Waals surface area contributed by atoms with Crippen molar-refractivity contribution in [1.82, 2.24) is 9.55 Å². The van der Waals surface area contributed by atoms with Gasteiger partial charge in [-0.2, -0.15) is 0 Å². The SMILES string of the molecule is O=C(O)C(CC12CC3CC(CC(C3)C1)C2)n1ccnc1. The standard InChI is InChI=1S/C16H22N2O2/c19-15(20)14(18-2-1-17-10-18)9-16-6-11-3-12(7-16)5-13(4-11)8-16/h1-2,10-14H,3-9H2,(H,19,20). The number of rotatable bonds is 4. The summed E-state index contributed by atoms with van der Waals surface area (Å²) >= 11 is 0. The van der Waals surface area contributed by atoms with Crippen LogP contribution in [0.3, 0.4) is 0 Å². The first-order valence-electron chi connectivity index (χ1n) is 7.84. The number of aromatic nitrogens is 2. The zero-order valence-corrected chi connectivity index (χ0v) is 11.7. The molecular formula is C16H22N2O2. The highest BCUT2D eigenvalue weighted by molar-refractivity contribution is 5.71. The minimum Gasteiger partial charge on any atom is -0.480 e. The first-order chi connectivity index (χ1) is 9.63. The molecule has 0 radical (unpaired) electrons. The summed E-state index contributed by atoms with van der Waals surface area (Å²) in [5, 5.41) is 9.60. The van der Waals surface area contributed by atoms with Crippen molar-refractivity contribution in [3.63, 3.8) is 0 Å². The van der Waals surface area contributed by atoms with Gasteiger partial charge in [0.25, 0.3) is 0 Å². The van der Waals surface area contributed by atoms with Crippen molar-refractivity contribution in [2.45, 2.75) is 51.0 Å². The summed E-state index contributed by atoms with van der Waals surface area (Å²) < 4.78 is 1.78. The van der Waals surface area contributed by atoms with Crippen molar-refractivity contribution < 1.29 is 9.90 Å². The number of carboxylic acid groups (broad SMARTS) is 1. The van der Waals surface area contributed by atoms with Crippen LogP contribution in [-0.2, 0) is 4.79 Å². The molecule has 1 N–H and O–H groups in total. The molecule has 108 valence electrons. The van der Waals surface area contributed by atoms with Crippen molar-refractivity contribution in [2.75, 3.05) is 0 Å². The van der Waals surface area contributed by atoms with E-state index in [1.54, 1.807) is 23.3 Å². The number of imidazole rings is 1. The Kier molecular flexibility index (Phi) is 2.69. The van der Waals surface area contributed by atoms with Crippen LogP contribution in [0.25, 0.3) is 0 Å². The third-order valence-corrected chi connectivity index (χ3v) is 5.96. The summed E-state index contributed by atoms with van der Waals surface area (Å²) in [6.07, 6.45) is 13.9. The fourth-order valence-electron chi connectivity index (χ4n) is 5.72. The molecule has 0 aromatic carbocycles. The molecule has 4 fully saturated rings. The Morgan fingerprint density at radius 3 is 2.30 bits per heavy atom. The highest BCUT2D eigenvalue weighted by Gasteiger charge is 2.52. The second-order valence-electron chi connectivity index (χ2n) is 7.49. The molecule has 1 aromatic rings. The van der Waals surface area contributed by atoms with E-state index >= 15 is 0 Å². The zero-order chi connectivity index (χ0) is 13.7. The van der Waals surface area contributed by atoms with Crippen molar-refractivity contribution in [3.05, 3.63) is 18.7 Å². The number of nitrogens with zero attached hydrogens (tertiary/aromatic N) is 2. The molecule has 4 heteroatoms. The van der Waals surface area contributed by atoms with E-state index in [1.165, 1.54) is 38.5 Å². The van der Waals surface area contributed by atoms with Crippen LogP contribution in [0.2, 0.25) is 0 Å². The van der Waals surface area contributed by atoms with Gasteiger partial charge in [0.15, 0.2) is 0 Å². The molecule has 20 heavy (non-hydrogen) atoms.